The van der Waals surface area contributed by atoms with E-state index in [9.17, 15) is 17.7 Å². The highest BCUT2D eigenvalue weighted by atomic mass is 31.2. The van der Waals surface area contributed by atoms with Crippen molar-refractivity contribution < 1.29 is 31.3 Å². The normalized spacial score (nSPS) is 17.4. The van der Waals surface area contributed by atoms with Gasteiger partial charge in [-0.3, -0.25) is 9.05 Å². The second-order valence-electron chi connectivity index (χ2n) is 2.84. The van der Waals surface area contributed by atoms with Gasteiger partial charge in [-0.25, -0.2) is 22.3 Å². The van der Waals surface area contributed by atoms with Gasteiger partial charge in [0.2, 0.25) is 0 Å². The van der Waals surface area contributed by atoms with E-state index in [-0.39, 0.29) is 13.2 Å². The van der Waals surface area contributed by atoms with Gasteiger partial charge in [-0.15, -0.1) is 0 Å². The SMILES string of the molecule is CCCCOP(=O)(OCC)OC(F)C(F)F. The van der Waals surface area contributed by atoms with E-state index in [0.29, 0.717) is 6.42 Å². The fraction of sp³-hybridized carbons (Fsp3) is 1.00. The predicted octanol–water partition coefficient (Wildman–Crippen LogP) is 3.53. The molecule has 2 atom stereocenters. The molecule has 0 N–H and O–H groups in total. The van der Waals surface area contributed by atoms with Crippen LogP contribution >= 0.6 is 7.82 Å². The molecule has 98 valence electrons. The number of phosphoric ester groups is 1. The van der Waals surface area contributed by atoms with Crippen molar-refractivity contribution in [1.29, 1.82) is 0 Å². The molecular weight excluding hydrogens is 248 g/mol. The van der Waals surface area contributed by atoms with Crippen molar-refractivity contribution in [2.75, 3.05) is 13.2 Å². The van der Waals surface area contributed by atoms with E-state index in [1.807, 2.05) is 6.92 Å². The summed E-state index contributed by atoms with van der Waals surface area (Å²) in [4.78, 5) is 0. The van der Waals surface area contributed by atoms with Gasteiger partial charge in [0.05, 0.1) is 13.2 Å². The Morgan fingerprint density at radius 3 is 2.25 bits per heavy atom. The topological polar surface area (TPSA) is 44.8 Å². The molecule has 0 saturated heterocycles. The van der Waals surface area contributed by atoms with Crippen LogP contribution in [0.2, 0.25) is 0 Å². The quantitative estimate of drug-likeness (QED) is 0.472. The molecule has 0 amide bonds. The first kappa shape index (κ1) is 15.9. The Bertz CT molecular complexity index is 227. The standard InChI is InChI=1S/C8H16F3O4P/c1-3-5-6-14-16(12,13-4-2)15-8(11)7(9)10/h7-8H,3-6H2,1-2H3. The van der Waals surface area contributed by atoms with Crippen molar-refractivity contribution in [3.8, 4) is 0 Å². The van der Waals surface area contributed by atoms with E-state index >= 15 is 0 Å². The van der Waals surface area contributed by atoms with Crippen LogP contribution in [0.25, 0.3) is 0 Å². The van der Waals surface area contributed by atoms with Gasteiger partial charge >= 0.3 is 7.82 Å². The Hall–Kier alpha value is -0.100. The Morgan fingerprint density at radius 1 is 1.19 bits per heavy atom. The van der Waals surface area contributed by atoms with Gasteiger partial charge in [0.1, 0.15) is 0 Å². The average Bonchev–Trinajstić information content (AvgIpc) is 2.18. The number of rotatable bonds is 9. The lowest BCUT2D eigenvalue weighted by Crippen LogP contribution is -2.16. The first-order valence-corrected chi connectivity index (χ1v) is 6.41. The zero-order valence-corrected chi connectivity index (χ0v) is 10.1. The Balaban J connectivity index is 4.26. The van der Waals surface area contributed by atoms with E-state index in [0.717, 1.165) is 6.42 Å². The molecule has 0 aliphatic rings. The number of hydrogen-bond acceptors (Lipinski definition) is 4. The van der Waals surface area contributed by atoms with Crippen LogP contribution in [0, 0.1) is 0 Å². The maximum Gasteiger partial charge on any atom is 0.477 e. The first-order valence-electron chi connectivity index (χ1n) is 4.95. The molecule has 16 heavy (non-hydrogen) atoms. The summed E-state index contributed by atoms with van der Waals surface area (Å²) >= 11 is 0. The van der Waals surface area contributed by atoms with E-state index in [1.165, 1.54) is 6.92 Å². The predicted molar refractivity (Wildman–Crippen MR) is 52.1 cm³/mol. The van der Waals surface area contributed by atoms with Crippen LogP contribution in [-0.2, 0) is 18.1 Å². The van der Waals surface area contributed by atoms with E-state index < -0.39 is 20.6 Å². The lowest BCUT2D eigenvalue weighted by Gasteiger charge is -2.18. The molecule has 0 radical (unpaired) electrons. The summed E-state index contributed by atoms with van der Waals surface area (Å²) < 4.78 is 61.0. The molecule has 0 aromatic rings. The minimum Gasteiger partial charge on any atom is -0.287 e. The summed E-state index contributed by atoms with van der Waals surface area (Å²) in [5, 5.41) is 0. The van der Waals surface area contributed by atoms with Crippen molar-refractivity contribution >= 4 is 7.82 Å². The van der Waals surface area contributed by atoms with Gasteiger partial charge in [0.15, 0.2) is 0 Å². The molecule has 0 bridgehead atoms. The zero-order chi connectivity index (χ0) is 12.6. The molecule has 0 aromatic heterocycles. The molecule has 0 aliphatic heterocycles. The zero-order valence-electron chi connectivity index (χ0n) is 9.20. The highest BCUT2D eigenvalue weighted by Gasteiger charge is 2.34. The Kier molecular flexibility index (Phi) is 8.01. The van der Waals surface area contributed by atoms with Crippen LogP contribution in [0.15, 0.2) is 0 Å². The lowest BCUT2D eigenvalue weighted by atomic mass is 10.4. The molecule has 4 nitrogen and oxygen atoms in total. The largest absolute Gasteiger partial charge is 0.477 e. The number of unbranched alkanes of at least 4 members (excludes halogenated alkanes) is 1. The summed E-state index contributed by atoms with van der Waals surface area (Å²) in [6, 6.07) is 0. The molecule has 0 heterocycles. The molecule has 0 aromatic carbocycles. The second-order valence-corrected chi connectivity index (χ2v) is 4.46. The molecule has 0 aliphatic carbocycles. The summed E-state index contributed by atoms with van der Waals surface area (Å²) in [5.41, 5.74) is 0. The van der Waals surface area contributed by atoms with Crippen LogP contribution in [0.1, 0.15) is 26.7 Å². The fourth-order valence-corrected chi connectivity index (χ4v) is 1.95. The summed E-state index contributed by atoms with van der Waals surface area (Å²) in [6.07, 6.45) is -5.06. The third-order valence-corrected chi connectivity index (χ3v) is 3.00. The maximum absolute atomic E-state index is 12.5. The van der Waals surface area contributed by atoms with Crippen LogP contribution in [0.5, 0.6) is 0 Å². The third-order valence-electron chi connectivity index (χ3n) is 1.46. The highest BCUT2D eigenvalue weighted by Crippen LogP contribution is 2.51. The van der Waals surface area contributed by atoms with Gasteiger partial charge in [0.25, 0.3) is 12.8 Å². The number of halogens is 3. The van der Waals surface area contributed by atoms with Gasteiger partial charge in [0, 0.05) is 0 Å². The van der Waals surface area contributed by atoms with Crippen molar-refractivity contribution in [1.82, 2.24) is 0 Å². The van der Waals surface area contributed by atoms with Crippen LogP contribution in [0.3, 0.4) is 0 Å². The smallest absolute Gasteiger partial charge is 0.287 e. The van der Waals surface area contributed by atoms with Crippen molar-refractivity contribution in [3.05, 3.63) is 0 Å². The van der Waals surface area contributed by atoms with Gasteiger partial charge in [-0.05, 0) is 13.3 Å². The minimum atomic E-state index is -4.21. The number of phosphoric acid groups is 1. The highest BCUT2D eigenvalue weighted by molar-refractivity contribution is 7.48. The molecule has 2 unspecified atom stereocenters. The molecule has 8 heteroatoms. The number of hydrogen-bond donors (Lipinski definition) is 0. The Morgan fingerprint density at radius 2 is 1.81 bits per heavy atom. The third kappa shape index (κ3) is 6.48. The van der Waals surface area contributed by atoms with E-state index in [2.05, 4.69) is 13.6 Å². The van der Waals surface area contributed by atoms with E-state index in [4.69, 9.17) is 0 Å². The van der Waals surface area contributed by atoms with Crippen molar-refractivity contribution in [3.63, 3.8) is 0 Å². The molecule has 0 rings (SSSR count). The fourth-order valence-electron chi connectivity index (χ4n) is 0.746. The van der Waals surface area contributed by atoms with Gasteiger partial charge in [-0.2, -0.15) is 0 Å². The average molecular weight is 264 g/mol. The monoisotopic (exact) mass is 264 g/mol. The lowest BCUT2D eigenvalue weighted by molar-refractivity contribution is -0.0860. The number of alkyl halides is 3. The molecular formula is C8H16F3O4P. The first-order chi connectivity index (χ1) is 7.45. The summed E-state index contributed by atoms with van der Waals surface area (Å²) in [6.45, 7) is 3.24. The minimum absolute atomic E-state index is 0.00371. The van der Waals surface area contributed by atoms with Crippen molar-refractivity contribution in [2.24, 2.45) is 0 Å². The van der Waals surface area contributed by atoms with Crippen LogP contribution in [-0.4, -0.2) is 26.0 Å². The molecule has 0 fully saturated rings. The molecule has 0 spiro atoms. The molecule has 0 saturated carbocycles. The van der Waals surface area contributed by atoms with Crippen LogP contribution in [0.4, 0.5) is 13.2 Å². The van der Waals surface area contributed by atoms with E-state index in [1.54, 1.807) is 0 Å². The van der Waals surface area contributed by atoms with Gasteiger partial charge in [-0.1, -0.05) is 13.3 Å². The summed E-state index contributed by atoms with van der Waals surface area (Å²) in [5.74, 6) is 0. The van der Waals surface area contributed by atoms with Crippen molar-refractivity contribution in [2.45, 2.75) is 39.5 Å². The second kappa shape index (κ2) is 8.06. The van der Waals surface area contributed by atoms with Crippen LogP contribution < -0.4 is 0 Å². The summed E-state index contributed by atoms with van der Waals surface area (Å²) in [7, 11) is -4.21. The van der Waals surface area contributed by atoms with Gasteiger partial charge < -0.3 is 0 Å². The Labute approximate surface area is 92.7 Å². The maximum atomic E-state index is 12.5.